The van der Waals surface area contributed by atoms with Gasteiger partial charge in [0, 0.05) is 6.54 Å². The van der Waals surface area contributed by atoms with Crippen LogP contribution in [0.25, 0.3) is 0 Å². The summed E-state index contributed by atoms with van der Waals surface area (Å²) in [5.41, 5.74) is 5.35. The summed E-state index contributed by atoms with van der Waals surface area (Å²) in [6.45, 7) is 3.64. The summed E-state index contributed by atoms with van der Waals surface area (Å²) in [6, 6.07) is 2.30. The average molecular weight is 155 g/mol. The molecule has 0 spiro atoms. The number of hydrogen-bond acceptors (Lipinski definition) is 3. The first kappa shape index (κ1) is 10.4. The summed E-state index contributed by atoms with van der Waals surface area (Å²) >= 11 is 0. The van der Waals surface area contributed by atoms with Crippen molar-refractivity contribution in [3.8, 4) is 6.07 Å². The largest absolute Gasteiger partial charge is 0.330 e. The summed E-state index contributed by atoms with van der Waals surface area (Å²) in [5.74, 6) is 0. The molecule has 3 nitrogen and oxygen atoms in total. The van der Waals surface area contributed by atoms with Gasteiger partial charge in [-0.1, -0.05) is 6.92 Å². The third-order valence-electron chi connectivity index (χ3n) is 1.78. The van der Waals surface area contributed by atoms with Gasteiger partial charge in [-0.15, -0.1) is 0 Å². The molecule has 0 aliphatic rings. The Bertz CT molecular complexity index is 128. The molecule has 0 aliphatic carbocycles. The van der Waals surface area contributed by atoms with Crippen molar-refractivity contribution in [1.29, 1.82) is 5.26 Å². The van der Waals surface area contributed by atoms with Crippen molar-refractivity contribution in [2.24, 2.45) is 5.73 Å². The molecule has 1 atom stereocenters. The molecule has 64 valence electrons. The molecule has 0 rings (SSSR count). The molecule has 0 saturated heterocycles. The summed E-state index contributed by atoms with van der Waals surface area (Å²) in [5, 5.41) is 8.67. The van der Waals surface area contributed by atoms with Crippen molar-refractivity contribution in [2.75, 3.05) is 20.1 Å². The van der Waals surface area contributed by atoms with E-state index in [1.807, 2.05) is 18.9 Å². The van der Waals surface area contributed by atoms with E-state index in [0.29, 0.717) is 6.54 Å². The van der Waals surface area contributed by atoms with Crippen LogP contribution in [0.1, 0.15) is 19.8 Å². The van der Waals surface area contributed by atoms with Crippen LogP contribution in [0.2, 0.25) is 0 Å². The van der Waals surface area contributed by atoms with Gasteiger partial charge in [0.25, 0.3) is 0 Å². The Labute approximate surface area is 68.8 Å². The number of hydrogen-bond donors (Lipinski definition) is 1. The van der Waals surface area contributed by atoms with Crippen molar-refractivity contribution >= 4 is 0 Å². The van der Waals surface area contributed by atoms with Crippen LogP contribution in [0.4, 0.5) is 0 Å². The maximum Gasteiger partial charge on any atom is 0.0972 e. The van der Waals surface area contributed by atoms with Crippen molar-refractivity contribution < 1.29 is 0 Å². The van der Waals surface area contributed by atoms with Gasteiger partial charge in [-0.25, -0.2) is 0 Å². The van der Waals surface area contributed by atoms with Gasteiger partial charge in [-0.3, -0.25) is 4.90 Å². The monoisotopic (exact) mass is 155 g/mol. The van der Waals surface area contributed by atoms with Crippen LogP contribution >= 0.6 is 0 Å². The van der Waals surface area contributed by atoms with Gasteiger partial charge >= 0.3 is 0 Å². The standard InChI is InChI=1S/C8H17N3/c1-3-8(7-10)11(2)6-4-5-9/h8H,3-6,9H2,1-2H3. The Hall–Kier alpha value is -0.590. The summed E-state index contributed by atoms with van der Waals surface area (Å²) in [6.07, 6.45) is 1.85. The Morgan fingerprint density at radius 2 is 2.27 bits per heavy atom. The zero-order valence-corrected chi connectivity index (χ0v) is 7.38. The van der Waals surface area contributed by atoms with Crippen LogP contribution in [0.3, 0.4) is 0 Å². The van der Waals surface area contributed by atoms with E-state index in [0.717, 1.165) is 19.4 Å². The second kappa shape index (κ2) is 6.14. The molecule has 0 heterocycles. The lowest BCUT2D eigenvalue weighted by Gasteiger charge is -2.20. The zero-order chi connectivity index (χ0) is 8.69. The molecule has 0 bridgehead atoms. The molecule has 1 unspecified atom stereocenters. The minimum atomic E-state index is 0.0570. The van der Waals surface area contributed by atoms with E-state index in [1.165, 1.54) is 0 Å². The van der Waals surface area contributed by atoms with E-state index in [1.54, 1.807) is 0 Å². The predicted molar refractivity (Wildman–Crippen MR) is 46.0 cm³/mol. The minimum Gasteiger partial charge on any atom is -0.330 e. The molecule has 0 saturated carbocycles. The third kappa shape index (κ3) is 3.97. The van der Waals surface area contributed by atoms with Gasteiger partial charge in [0.15, 0.2) is 0 Å². The average Bonchev–Trinajstić information content (AvgIpc) is 2.03. The predicted octanol–water partition coefficient (Wildman–Crippen LogP) is 0.569. The fourth-order valence-electron chi connectivity index (χ4n) is 0.998. The fourth-order valence-corrected chi connectivity index (χ4v) is 0.998. The first-order valence-electron chi connectivity index (χ1n) is 4.06. The van der Waals surface area contributed by atoms with Gasteiger partial charge in [0.2, 0.25) is 0 Å². The van der Waals surface area contributed by atoms with Crippen molar-refractivity contribution in [1.82, 2.24) is 4.90 Å². The fraction of sp³-hybridized carbons (Fsp3) is 0.875. The van der Waals surface area contributed by atoms with E-state index in [2.05, 4.69) is 6.07 Å². The summed E-state index contributed by atoms with van der Waals surface area (Å²) in [4.78, 5) is 2.05. The Kier molecular flexibility index (Phi) is 5.81. The van der Waals surface area contributed by atoms with Crippen LogP contribution in [0, 0.1) is 11.3 Å². The lowest BCUT2D eigenvalue weighted by atomic mass is 10.2. The van der Waals surface area contributed by atoms with Crippen molar-refractivity contribution in [2.45, 2.75) is 25.8 Å². The maximum absolute atomic E-state index is 8.67. The molecule has 0 amide bonds. The van der Waals surface area contributed by atoms with Crippen LogP contribution in [0.5, 0.6) is 0 Å². The molecule has 2 N–H and O–H groups in total. The molecule has 0 aromatic heterocycles. The van der Waals surface area contributed by atoms with E-state index in [9.17, 15) is 0 Å². The third-order valence-corrected chi connectivity index (χ3v) is 1.78. The Balaban J connectivity index is 3.62. The van der Waals surface area contributed by atoms with E-state index < -0.39 is 0 Å². The lowest BCUT2D eigenvalue weighted by molar-refractivity contribution is 0.280. The Morgan fingerprint density at radius 3 is 2.64 bits per heavy atom. The lowest BCUT2D eigenvalue weighted by Crippen LogP contribution is -2.31. The molecule has 0 aromatic rings. The van der Waals surface area contributed by atoms with E-state index in [-0.39, 0.29) is 6.04 Å². The highest BCUT2D eigenvalue weighted by Gasteiger charge is 2.09. The van der Waals surface area contributed by atoms with Crippen LogP contribution in [0.15, 0.2) is 0 Å². The highest BCUT2D eigenvalue weighted by molar-refractivity contribution is 4.89. The highest BCUT2D eigenvalue weighted by atomic mass is 15.1. The molecule has 3 heteroatoms. The molecular formula is C8H17N3. The normalized spacial score (nSPS) is 13.0. The highest BCUT2D eigenvalue weighted by Crippen LogP contribution is 1.99. The number of nitrogens with zero attached hydrogens (tertiary/aromatic N) is 2. The smallest absolute Gasteiger partial charge is 0.0972 e. The summed E-state index contributed by atoms with van der Waals surface area (Å²) in [7, 11) is 1.97. The van der Waals surface area contributed by atoms with E-state index >= 15 is 0 Å². The van der Waals surface area contributed by atoms with Crippen LogP contribution in [-0.2, 0) is 0 Å². The molecular weight excluding hydrogens is 138 g/mol. The molecule has 0 aliphatic heterocycles. The van der Waals surface area contributed by atoms with Crippen molar-refractivity contribution in [3.63, 3.8) is 0 Å². The van der Waals surface area contributed by atoms with Gasteiger partial charge < -0.3 is 5.73 Å². The number of rotatable bonds is 5. The summed E-state index contributed by atoms with van der Waals surface area (Å²) < 4.78 is 0. The minimum absolute atomic E-state index is 0.0570. The first-order chi connectivity index (χ1) is 5.26. The number of nitriles is 1. The second-order valence-electron chi connectivity index (χ2n) is 2.68. The van der Waals surface area contributed by atoms with Gasteiger partial charge in [-0.2, -0.15) is 5.26 Å². The Morgan fingerprint density at radius 1 is 1.64 bits per heavy atom. The SMILES string of the molecule is CCC(C#N)N(C)CCCN. The zero-order valence-electron chi connectivity index (χ0n) is 7.38. The van der Waals surface area contributed by atoms with Gasteiger partial charge in [0.1, 0.15) is 0 Å². The molecule has 0 radical (unpaired) electrons. The van der Waals surface area contributed by atoms with Crippen molar-refractivity contribution in [3.05, 3.63) is 0 Å². The first-order valence-corrected chi connectivity index (χ1v) is 4.06. The topological polar surface area (TPSA) is 53.0 Å². The van der Waals surface area contributed by atoms with Crippen LogP contribution in [-0.4, -0.2) is 31.1 Å². The number of nitrogens with two attached hydrogens (primary N) is 1. The van der Waals surface area contributed by atoms with E-state index in [4.69, 9.17) is 11.0 Å². The second-order valence-corrected chi connectivity index (χ2v) is 2.68. The quantitative estimate of drug-likeness (QED) is 0.631. The molecule has 11 heavy (non-hydrogen) atoms. The van der Waals surface area contributed by atoms with Gasteiger partial charge in [0.05, 0.1) is 12.1 Å². The maximum atomic E-state index is 8.67. The van der Waals surface area contributed by atoms with Gasteiger partial charge in [-0.05, 0) is 26.4 Å². The van der Waals surface area contributed by atoms with Crippen LogP contribution < -0.4 is 5.73 Å². The molecule has 0 aromatic carbocycles. The molecule has 0 fully saturated rings.